The fraction of sp³-hybridized carbons (Fsp3) is 0.368. The van der Waals surface area contributed by atoms with Gasteiger partial charge < -0.3 is 19.5 Å². The van der Waals surface area contributed by atoms with Gasteiger partial charge in [-0.1, -0.05) is 24.8 Å². The second-order valence-electron chi connectivity index (χ2n) is 5.55. The van der Waals surface area contributed by atoms with Crippen LogP contribution in [-0.4, -0.2) is 44.3 Å². The maximum absolute atomic E-state index is 11.6. The molecule has 2 rings (SSSR count). The van der Waals surface area contributed by atoms with Gasteiger partial charge in [-0.25, -0.2) is 4.79 Å². The van der Waals surface area contributed by atoms with E-state index in [9.17, 15) is 9.59 Å². The second-order valence-corrected chi connectivity index (χ2v) is 5.55. The summed E-state index contributed by atoms with van der Waals surface area (Å²) in [6, 6.07) is 7.23. The molecule has 1 atom stereocenters. The fourth-order valence-corrected chi connectivity index (χ4v) is 2.26. The molecule has 1 amide bonds. The molecule has 0 radical (unpaired) electrons. The van der Waals surface area contributed by atoms with E-state index in [0.29, 0.717) is 13.2 Å². The summed E-state index contributed by atoms with van der Waals surface area (Å²) in [5, 5.41) is 2.69. The number of nitrogens with one attached hydrogen (secondary N) is 1. The normalized spacial score (nSPS) is 16.6. The smallest absolute Gasteiger partial charge is 0.331 e. The van der Waals surface area contributed by atoms with Crippen LogP contribution in [0.1, 0.15) is 18.4 Å². The molecule has 6 heteroatoms. The van der Waals surface area contributed by atoms with E-state index in [-0.39, 0.29) is 18.6 Å². The number of amides is 1. The van der Waals surface area contributed by atoms with Crippen LogP contribution in [0.4, 0.5) is 0 Å². The molecule has 0 aromatic heterocycles. The molecule has 25 heavy (non-hydrogen) atoms. The maximum Gasteiger partial charge on any atom is 0.331 e. The Morgan fingerprint density at radius 2 is 2.12 bits per heavy atom. The van der Waals surface area contributed by atoms with E-state index in [0.717, 1.165) is 30.8 Å². The predicted octanol–water partition coefficient (Wildman–Crippen LogP) is 2.10. The molecule has 1 aliphatic heterocycles. The van der Waals surface area contributed by atoms with Gasteiger partial charge in [0, 0.05) is 19.2 Å². The first-order chi connectivity index (χ1) is 12.2. The summed E-state index contributed by atoms with van der Waals surface area (Å²) >= 11 is 0. The molecule has 1 N–H and O–H groups in total. The van der Waals surface area contributed by atoms with E-state index in [1.54, 1.807) is 24.3 Å². The van der Waals surface area contributed by atoms with Crippen LogP contribution in [0.15, 0.2) is 43.0 Å². The lowest BCUT2D eigenvalue weighted by Gasteiger charge is -2.10. The maximum atomic E-state index is 11.6. The summed E-state index contributed by atoms with van der Waals surface area (Å²) in [5.41, 5.74) is 0.825. The van der Waals surface area contributed by atoms with E-state index < -0.39 is 5.97 Å². The topological polar surface area (TPSA) is 73.9 Å². The van der Waals surface area contributed by atoms with Crippen molar-refractivity contribution in [3.05, 3.63) is 48.6 Å². The van der Waals surface area contributed by atoms with Crippen molar-refractivity contribution < 1.29 is 23.8 Å². The highest BCUT2D eigenvalue weighted by Crippen LogP contribution is 2.13. The molecule has 1 aromatic carbocycles. The summed E-state index contributed by atoms with van der Waals surface area (Å²) in [7, 11) is 0. The Bertz CT molecular complexity index is 603. The average Bonchev–Trinajstić information content (AvgIpc) is 3.15. The number of hydrogen-bond acceptors (Lipinski definition) is 5. The van der Waals surface area contributed by atoms with E-state index in [4.69, 9.17) is 14.2 Å². The SMILES string of the molecule is C=CCOc1ccc(/C=C/C(=O)OCC(=O)NCC2CCCO2)cc1. The number of esters is 1. The minimum atomic E-state index is -0.570. The minimum Gasteiger partial charge on any atom is -0.490 e. The molecule has 134 valence electrons. The molecule has 1 unspecified atom stereocenters. The van der Waals surface area contributed by atoms with Crippen LogP contribution in [0.25, 0.3) is 6.08 Å². The zero-order valence-corrected chi connectivity index (χ0v) is 14.1. The Labute approximate surface area is 147 Å². The van der Waals surface area contributed by atoms with Crippen LogP contribution in [-0.2, 0) is 19.1 Å². The zero-order chi connectivity index (χ0) is 17.9. The summed E-state index contributed by atoms with van der Waals surface area (Å²) in [6.45, 7) is 4.91. The molecule has 1 fully saturated rings. The molecule has 1 saturated heterocycles. The van der Waals surface area contributed by atoms with Crippen LogP contribution < -0.4 is 10.1 Å². The first-order valence-corrected chi connectivity index (χ1v) is 8.24. The fourth-order valence-electron chi connectivity index (χ4n) is 2.26. The summed E-state index contributed by atoms with van der Waals surface area (Å²) in [6.07, 6.45) is 6.59. The minimum absolute atomic E-state index is 0.0676. The Balaban J connectivity index is 1.67. The van der Waals surface area contributed by atoms with Crippen molar-refractivity contribution in [2.45, 2.75) is 18.9 Å². The van der Waals surface area contributed by atoms with Crippen molar-refractivity contribution in [3.63, 3.8) is 0 Å². The highest BCUT2D eigenvalue weighted by atomic mass is 16.5. The lowest BCUT2D eigenvalue weighted by atomic mass is 10.2. The Hall–Kier alpha value is -2.60. The highest BCUT2D eigenvalue weighted by Gasteiger charge is 2.16. The standard InChI is InChI=1S/C19H23NO5/c1-2-11-23-16-8-5-15(6-9-16)7-10-19(22)25-14-18(21)20-13-17-4-3-12-24-17/h2,5-10,17H,1,3-4,11-14H2,(H,20,21)/b10-7+. The molecular weight excluding hydrogens is 322 g/mol. The van der Waals surface area contributed by atoms with Gasteiger partial charge in [0.2, 0.25) is 0 Å². The van der Waals surface area contributed by atoms with Gasteiger partial charge in [0.1, 0.15) is 12.4 Å². The molecule has 1 aliphatic rings. The third kappa shape index (κ3) is 7.22. The Morgan fingerprint density at radius 3 is 2.80 bits per heavy atom. The largest absolute Gasteiger partial charge is 0.490 e. The van der Waals surface area contributed by atoms with Gasteiger partial charge in [0.25, 0.3) is 5.91 Å². The van der Waals surface area contributed by atoms with E-state index in [2.05, 4.69) is 11.9 Å². The second kappa shape index (κ2) is 10.3. The number of ether oxygens (including phenoxy) is 3. The van der Waals surface area contributed by atoms with Crippen LogP contribution in [0.3, 0.4) is 0 Å². The van der Waals surface area contributed by atoms with E-state index in [1.165, 1.54) is 6.08 Å². The number of hydrogen-bond donors (Lipinski definition) is 1. The lowest BCUT2D eigenvalue weighted by Crippen LogP contribution is -2.34. The molecule has 1 heterocycles. The van der Waals surface area contributed by atoms with E-state index in [1.807, 2.05) is 12.1 Å². The third-order valence-electron chi connectivity index (χ3n) is 3.56. The van der Waals surface area contributed by atoms with E-state index >= 15 is 0 Å². The van der Waals surface area contributed by atoms with Gasteiger partial charge in [-0.05, 0) is 36.6 Å². The Morgan fingerprint density at radius 1 is 1.32 bits per heavy atom. The molecule has 0 saturated carbocycles. The summed E-state index contributed by atoms with van der Waals surface area (Å²) < 4.78 is 15.7. The first-order valence-electron chi connectivity index (χ1n) is 8.24. The number of benzene rings is 1. The van der Waals surface area contributed by atoms with Gasteiger partial charge in [-0.3, -0.25) is 4.79 Å². The van der Waals surface area contributed by atoms with Gasteiger partial charge in [-0.2, -0.15) is 0 Å². The number of carbonyl (C=O) groups is 2. The molecule has 0 aliphatic carbocycles. The summed E-state index contributed by atoms with van der Waals surface area (Å²) in [4.78, 5) is 23.3. The Kier molecular flexibility index (Phi) is 7.72. The molecule has 1 aromatic rings. The van der Waals surface area contributed by atoms with Crippen LogP contribution in [0, 0.1) is 0 Å². The van der Waals surface area contributed by atoms with Crippen molar-refractivity contribution in [3.8, 4) is 5.75 Å². The monoisotopic (exact) mass is 345 g/mol. The molecule has 0 bridgehead atoms. The first kappa shape index (κ1) is 18.7. The highest BCUT2D eigenvalue weighted by molar-refractivity contribution is 5.89. The molecule has 0 spiro atoms. The van der Waals surface area contributed by atoms with Crippen molar-refractivity contribution in [1.29, 1.82) is 0 Å². The zero-order valence-electron chi connectivity index (χ0n) is 14.1. The molecular formula is C19H23NO5. The van der Waals surface area contributed by atoms with Gasteiger partial charge >= 0.3 is 5.97 Å². The summed E-state index contributed by atoms with van der Waals surface area (Å²) in [5.74, 6) is -0.178. The number of rotatable bonds is 9. The van der Waals surface area contributed by atoms with Crippen LogP contribution >= 0.6 is 0 Å². The van der Waals surface area contributed by atoms with Crippen LogP contribution in [0.5, 0.6) is 5.75 Å². The third-order valence-corrected chi connectivity index (χ3v) is 3.56. The molecule has 6 nitrogen and oxygen atoms in total. The quantitative estimate of drug-likeness (QED) is 0.421. The van der Waals surface area contributed by atoms with Crippen molar-refractivity contribution in [1.82, 2.24) is 5.32 Å². The van der Waals surface area contributed by atoms with Crippen molar-refractivity contribution >= 4 is 18.0 Å². The van der Waals surface area contributed by atoms with Gasteiger partial charge in [0.05, 0.1) is 6.10 Å². The predicted molar refractivity (Wildman–Crippen MR) is 94.1 cm³/mol. The number of carbonyl (C=O) groups excluding carboxylic acids is 2. The van der Waals surface area contributed by atoms with Gasteiger partial charge in [-0.15, -0.1) is 0 Å². The van der Waals surface area contributed by atoms with Crippen molar-refractivity contribution in [2.75, 3.05) is 26.4 Å². The van der Waals surface area contributed by atoms with Gasteiger partial charge in [0.15, 0.2) is 6.61 Å². The van der Waals surface area contributed by atoms with Crippen LogP contribution in [0.2, 0.25) is 0 Å². The lowest BCUT2D eigenvalue weighted by molar-refractivity contribution is -0.143. The van der Waals surface area contributed by atoms with Crippen molar-refractivity contribution in [2.24, 2.45) is 0 Å². The average molecular weight is 345 g/mol.